The molecule has 1 aromatic carbocycles. The van der Waals surface area contributed by atoms with Gasteiger partial charge in [0.05, 0.1) is 0 Å². The van der Waals surface area contributed by atoms with Gasteiger partial charge >= 0.3 is 23.5 Å². The molecule has 0 radical (unpaired) electrons. The number of esters is 1. The molecule has 3 rings (SSSR count). The molecule has 2 heterocycles. The van der Waals surface area contributed by atoms with Crippen LogP contribution in [0.3, 0.4) is 0 Å². The van der Waals surface area contributed by atoms with Crippen LogP contribution in [-0.2, 0) is 19.9 Å². The molecule has 3 N–H and O–H groups in total. The zero-order valence-corrected chi connectivity index (χ0v) is 13.0. The minimum atomic E-state index is -3.25. The summed E-state index contributed by atoms with van der Waals surface area (Å²) >= 11 is 0. The Labute approximate surface area is 141 Å². The van der Waals surface area contributed by atoms with Gasteiger partial charge in [-0.25, -0.2) is 19.4 Å². The largest absolute Gasteiger partial charge is 0.478 e. The van der Waals surface area contributed by atoms with E-state index in [1.807, 2.05) is 0 Å². The lowest BCUT2D eigenvalue weighted by atomic mass is 9.70. The molecule has 1 unspecified atom stereocenters. The number of carbonyl (C=O) groups is 3. The van der Waals surface area contributed by atoms with E-state index in [9.17, 15) is 29.7 Å². The van der Waals surface area contributed by atoms with Crippen molar-refractivity contribution in [3.63, 3.8) is 0 Å². The second kappa shape index (κ2) is 5.38. The van der Waals surface area contributed by atoms with Crippen molar-refractivity contribution in [2.45, 2.75) is 18.1 Å². The first-order valence-electron chi connectivity index (χ1n) is 7.20. The minimum Gasteiger partial charge on any atom is -0.478 e. The molecular weight excluding hydrogens is 330 g/mol. The highest BCUT2D eigenvalue weighted by Crippen LogP contribution is 2.47. The van der Waals surface area contributed by atoms with Crippen molar-refractivity contribution in [3.05, 3.63) is 65.0 Å². The number of carbonyl (C=O) groups excluding carboxylic acids is 1. The highest BCUT2D eigenvalue weighted by atomic mass is 16.6. The molecule has 0 aliphatic carbocycles. The SMILES string of the molecule is Cc1ccc(C2(O)c3cccnc3C(=O)OC2(C(=O)O)C(=O)O)cc1. The molecule has 1 aliphatic rings. The molecule has 25 heavy (non-hydrogen) atoms. The molecule has 8 heteroatoms. The van der Waals surface area contributed by atoms with E-state index in [4.69, 9.17) is 4.74 Å². The number of carboxylic acid groups (broad SMARTS) is 2. The Morgan fingerprint density at radius 1 is 1.08 bits per heavy atom. The summed E-state index contributed by atoms with van der Waals surface area (Å²) in [6.07, 6.45) is 1.25. The van der Waals surface area contributed by atoms with Crippen LogP contribution in [-0.4, -0.2) is 43.8 Å². The first kappa shape index (κ1) is 16.6. The Balaban J connectivity index is 2.44. The van der Waals surface area contributed by atoms with Gasteiger partial charge in [0.25, 0.3) is 0 Å². The minimum absolute atomic E-state index is 0.0512. The number of carboxylic acids is 2. The fourth-order valence-electron chi connectivity index (χ4n) is 2.95. The van der Waals surface area contributed by atoms with Crippen molar-refractivity contribution in [2.24, 2.45) is 0 Å². The van der Waals surface area contributed by atoms with Crippen LogP contribution in [0.25, 0.3) is 0 Å². The Morgan fingerprint density at radius 3 is 2.24 bits per heavy atom. The molecule has 0 amide bonds. The van der Waals surface area contributed by atoms with Gasteiger partial charge in [0, 0.05) is 11.8 Å². The van der Waals surface area contributed by atoms with Crippen LogP contribution in [0.15, 0.2) is 42.6 Å². The molecule has 0 saturated heterocycles. The molecule has 0 bridgehead atoms. The third-order valence-electron chi connectivity index (χ3n) is 4.22. The van der Waals surface area contributed by atoms with Gasteiger partial charge in [-0.3, -0.25) is 0 Å². The summed E-state index contributed by atoms with van der Waals surface area (Å²) < 4.78 is 4.77. The van der Waals surface area contributed by atoms with Crippen LogP contribution < -0.4 is 0 Å². The zero-order chi connectivity index (χ0) is 18.4. The van der Waals surface area contributed by atoms with E-state index in [0.29, 0.717) is 0 Å². The van der Waals surface area contributed by atoms with E-state index < -0.39 is 29.1 Å². The Bertz CT molecular complexity index is 876. The van der Waals surface area contributed by atoms with Crippen molar-refractivity contribution in [2.75, 3.05) is 0 Å². The molecule has 1 aromatic heterocycles. The smallest absolute Gasteiger partial charge is 0.364 e. The summed E-state index contributed by atoms with van der Waals surface area (Å²) in [5.41, 5.74) is -5.76. The lowest BCUT2D eigenvalue weighted by Crippen LogP contribution is -2.67. The quantitative estimate of drug-likeness (QED) is 0.548. The highest BCUT2D eigenvalue weighted by molar-refractivity contribution is 6.09. The summed E-state index contributed by atoms with van der Waals surface area (Å²) in [4.78, 5) is 39.7. The van der Waals surface area contributed by atoms with Gasteiger partial charge < -0.3 is 20.1 Å². The topological polar surface area (TPSA) is 134 Å². The average Bonchev–Trinajstić information content (AvgIpc) is 2.58. The summed E-state index contributed by atoms with van der Waals surface area (Å²) in [6, 6.07) is 8.54. The molecule has 128 valence electrons. The number of cyclic esters (lactones) is 1. The molecule has 2 aromatic rings. The third kappa shape index (κ3) is 2.04. The van der Waals surface area contributed by atoms with Crippen LogP contribution >= 0.6 is 0 Å². The lowest BCUT2D eigenvalue weighted by Gasteiger charge is -2.43. The summed E-state index contributed by atoms with van der Waals surface area (Å²) in [5.74, 6) is -5.26. The van der Waals surface area contributed by atoms with E-state index in [-0.39, 0.29) is 16.8 Å². The number of aliphatic carboxylic acids is 2. The van der Waals surface area contributed by atoms with Gasteiger partial charge in [-0.2, -0.15) is 0 Å². The van der Waals surface area contributed by atoms with E-state index in [2.05, 4.69) is 4.98 Å². The van der Waals surface area contributed by atoms with Crippen LogP contribution in [0.2, 0.25) is 0 Å². The number of aryl methyl sites for hydroxylation is 1. The third-order valence-corrected chi connectivity index (χ3v) is 4.22. The summed E-state index contributed by atoms with van der Waals surface area (Å²) in [5, 5.41) is 30.6. The number of pyridine rings is 1. The summed E-state index contributed by atoms with van der Waals surface area (Å²) in [7, 11) is 0. The molecule has 0 fully saturated rings. The van der Waals surface area contributed by atoms with Crippen LogP contribution in [0, 0.1) is 6.92 Å². The second-order valence-electron chi connectivity index (χ2n) is 5.66. The van der Waals surface area contributed by atoms with Crippen LogP contribution in [0.5, 0.6) is 0 Å². The zero-order valence-electron chi connectivity index (χ0n) is 13.0. The van der Waals surface area contributed by atoms with Crippen molar-refractivity contribution >= 4 is 17.9 Å². The number of nitrogens with zero attached hydrogens (tertiary/aromatic N) is 1. The normalized spacial score (nSPS) is 21.1. The van der Waals surface area contributed by atoms with Gasteiger partial charge in [-0.05, 0) is 18.6 Å². The number of hydrogen-bond donors (Lipinski definition) is 3. The first-order chi connectivity index (χ1) is 11.7. The van der Waals surface area contributed by atoms with Crippen molar-refractivity contribution < 1.29 is 34.4 Å². The summed E-state index contributed by atoms with van der Waals surface area (Å²) in [6.45, 7) is 1.77. The maximum absolute atomic E-state index is 12.2. The molecule has 1 atom stereocenters. The van der Waals surface area contributed by atoms with Gasteiger partial charge in [-0.1, -0.05) is 35.9 Å². The monoisotopic (exact) mass is 343 g/mol. The first-order valence-corrected chi connectivity index (χ1v) is 7.20. The molecule has 8 nitrogen and oxygen atoms in total. The van der Waals surface area contributed by atoms with Crippen molar-refractivity contribution in [1.82, 2.24) is 4.98 Å². The van der Waals surface area contributed by atoms with Gasteiger partial charge in [0.2, 0.25) is 0 Å². The number of aliphatic hydroxyl groups is 1. The van der Waals surface area contributed by atoms with Gasteiger partial charge in [0.15, 0.2) is 11.3 Å². The Hall–Kier alpha value is -3.26. The second-order valence-corrected chi connectivity index (χ2v) is 5.66. The maximum atomic E-state index is 12.2. The predicted octanol–water partition coefficient (Wildman–Crippen LogP) is 0.704. The number of fused-ring (bicyclic) bond motifs is 1. The number of hydrogen-bond acceptors (Lipinski definition) is 6. The average molecular weight is 343 g/mol. The van der Waals surface area contributed by atoms with E-state index in [1.165, 1.54) is 30.5 Å². The van der Waals surface area contributed by atoms with E-state index in [0.717, 1.165) is 5.56 Å². The fourth-order valence-corrected chi connectivity index (χ4v) is 2.95. The Kier molecular flexibility index (Phi) is 3.57. The van der Waals surface area contributed by atoms with Crippen LogP contribution in [0.1, 0.15) is 27.2 Å². The fraction of sp³-hybridized carbons (Fsp3) is 0.176. The van der Waals surface area contributed by atoms with Crippen LogP contribution in [0.4, 0.5) is 0 Å². The van der Waals surface area contributed by atoms with Crippen molar-refractivity contribution in [3.8, 4) is 0 Å². The highest BCUT2D eigenvalue weighted by Gasteiger charge is 2.71. The predicted molar refractivity (Wildman–Crippen MR) is 81.8 cm³/mol. The van der Waals surface area contributed by atoms with Gasteiger partial charge in [0.1, 0.15) is 0 Å². The van der Waals surface area contributed by atoms with E-state index in [1.54, 1.807) is 19.1 Å². The molecular formula is C17H13NO7. The molecule has 1 aliphatic heterocycles. The number of rotatable bonds is 3. The molecule has 0 spiro atoms. The van der Waals surface area contributed by atoms with E-state index >= 15 is 0 Å². The number of aromatic nitrogens is 1. The Morgan fingerprint density at radius 2 is 1.68 bits per heavy atom. The maximum Gasteiger partial charge on any atom is 0.364 e. The molecule has 0 saturated carbocycles. The van der Waals surface area contributed by atoms with Gasteiger partial charge in [-0.15, -0.1) is 0 Å². The lowest BCUT2D eigenvalue weighted by molar-refractivity contribution is -0.205. The number of ether oxygens (including phenoxy) is 1. The standard InChI is InChI=1S/C17H13NO7/c1-9-4-6-10(7-5-9)16(24)11-3-2-8-18-12(11)13(19)25-17(16,14(20)21)15(22)23/h2-8,24H,1H3,(H,20,21)(H,22,23). The number of benzene rings is 1. The van der Waals surface area contributed by atoms with Crippen molar-refractivity contribution in [1.29, 1.82) is 0 Å².